The van der Waals surface area contributed by atoms with Crippen LogP contribution in [0.25, 0.3) is 0 Å². The second kappa shape index (κ2) is 5.74. The van der Waals surface area contributed by atoms with Crippen molar-refractivity contribution in [2.75, 3.05) is 13.1 Å². The van der Waals surface area contributed by atoms with Crippen LogP contribution in [0.2, 0.25) is 0 Å². The number of ketones is 1. The van der Waals surface area contributed by atoms with E-state index in [0.717, 1.165) is 31.5 Å². The van der Waals surface area contributed by atoms with Crippen molar-refractivity contribution < 1.29 is 9.18 Å². The third-order valence-corrected chi connectivity index (χ3v) is 3.51. The molecule has 0 amide bonds. The smallest absolute Gasteiger partial charge is 0.141 e. The van der Waals surface area contributed by atoms with Crippen LogP contribution in [0.4, 0.5) is 4.39 Å². The van der Waals surface area contributed by atoms with Crippen LogP contribution in [0.5, 0.6) is 0 Å². The maximum absolute atomic E-state index is 13.2. The lowest BCUT2D eigenvalue weighted by Crippen LogP contribution is -2.35. The van der Waals surface area contributed by atoms with Crippen LogP contribution in [-0.4, -0.2) is 18.9 Å². The molecule has 0 radical (unpaired) electrons. The van der Waals surface area contributed by atoms with E-state index < -0.39 is 0 Å². The van der Waals surface area contributed by atoms with Gasteiger partial charge in [0.15, 0.2) is 0 Å². The van der Waals surface area contributed by atoms with Crippen LogP contribution in [0.15, 0.2) is 22.7 Å². The Morgan fingerprint density at radius 1 is 1.47 bits per heavy atom. The van der Waals surface area contributed by atoms with Crippen LogP contribution in [0.3, 0.4) is 0 Å². The summed E-state index contributed by atoms with van der Waals surface area (Å²) in [6.45, 7) is 1.75. The normalized spacial score (nSPS) is 20.2. The predicted molar refractivity (Wildman–Crippen MR) is 68.4 cm³/mol. The van der Waals surface area contributed by atoms with Gasteiger partial charge < -0.3 is 5.32 Å². The number of hydrogen-bond donors (Lipinski definition) is 1. The molecule has 1 heterocycles. The zero-order valence-corrected chi connectivity index (χ0v) is 11.1. The van der Waals surface area contributed by atoms with E-state index >= 15 is 0 Å². The Labute approximate surface area is 109 Å². The van der Waals surface area contributed by atoms with Crippen molar-refractivity contribution in [1.82, 2.24) is 5.32 Å². The summed E-state index contributed by atoms with van der Waals surface area (Å²) in [5, 5.41) is 3.22. The molecule has 1 atom stereocenters. The lowest BCUT2D eigenvalue weighted by atomic mass is 9.91. The highest BCUT2D eigenvalue weighted by Crippen LogP contribution is 2.18. The van der Waals surface area contributed by atoms with Gasteiger partial charge >= 0.3 is 0 Å². The van der Waals surface area contributed by atoms with Gasteiger partial charge in [-0.05, 0) is 43.1 Å². The molecule has 1 fully saturated rings. The van der Waals surface area contributed by atoms with E-state index in [1.165, 1.54) is 12.1 Å². The van der Waals surface area contributed by atoms with Crippen molar-refractivity contribution in [3.63, 3.8) is 0 Å². The summed E-state index contributed by atoms with van der Waals surface area (Å²) >= 11 is 3.24. The summed E-state index contributed by atoms with van der Waals surface area (Å²) in [5.74, 6) is -0.00978. The largest absolute Gasteiger partial charge is 0.316 e. The first-order valence-corrected chi connectivity index (χ1v) is 6.63. The maximum atomic E-state index is 13.2. The summed E-state index contributed by atoms with van der Waals surface area (Å²) in [5.41, 5.74) is 0.743. The number of piperidine rings is 1. The van der Waals surface area contributed by atoms with E-state index in [1.54, 1.807) is 6.07 Å². The fourth-order valence-corrected chi connectivity index (χ4v) is 2.70. The number of hydrogen-bond acceptors (Lipinski definition) is 2. The number of carbonyl (C=O) groups is 1. The summed E-state index contributed by atoms with van der Waals surface area (Å²) in [7, 11) is 0. The van der Waals surface area contributed by atoms with Gasteiger partial charge in [0.2, 0.25) is 0 Å². The molecule has 0 spiro atoms. The van der Waals surface area contributed by atoms with E-state index in [2.05, 4.69) is 21.2 Å². The average molecular weight is 300 g/mol. The lowest BCUT2D eigenvalue weighted by Gasteiger charge is -2.21. The molecule has 1 N–H and O–H groups in total. The minimum Gasteiger partial charge on any atom is -0.316 e. The molecule has 92 valence electrons. The molecule has 2 rings (SSSR count). The molecule has 0 aromatic heterocycles. The molecule has 0 saturated carbocycles. The highest BCUT2D eigenvalue weighted by atomic mass is 79.9. The molecule has 1 aliphatic rings. The number of Topliss-reactive ketones (excluding diaryl/α,β-unsaturated/α-hetero) is 1. The minimum atomic E-state index is -0.302. The topological polar surface area (TPSA) is 29.1 Å². The van der Waals surface area contributed by atoms with Crippen molar-refractivity contribution in [3.8, 4) is 0 Å². The second-order valence-corrected chi connectivity index (χ2v) is 5.38. The third-order valence-electron chi connectivity index (χ3n) is 3.05. The van der Waals surface area contributed by atoms with Gasteiger partial charge in [-0.3, -0.25) is 4.79 Å². The van der Waals surface area contributed by atoms with Crippen molar-refractivity contribution in [3.05, 3.63) is 34.1 Å². The summed E-state index contributed by atoms with van der Waals surface area (Å²) < 4.78 is 13.8. The first-order valence-electron chi connectivity index (χ1n) is 5.83. The third kappa shape index (κ3) is 3.61. The standard InChI is InChI=1S/C13H15BrFNO/c14-11-4-9(5-12(15)7-11)6-13(17)10-2-1-3-16-8-10/h4-5,7,10,16H,1-3,6,8H2. The van der Waals surface area contributed by atoms with Gasteiger partial charge in [0.1, 0.15) is 11.6 Å². The second-order valence-electron chi connectivity index (χ2n) is 4.46. The molecule has 2 nitrogen and oxygen atoms in total. The summed E-state index contributed by atoms with van der Waals surface area (Å²) in [6, 6.07) is 4.63. The zero-order chi connectivity index (χ0) is 12.3. The van der Waals surface area contributed by atoms with Crippen LogP contribution in [0, 0.1) is 11.7 Å². The number of benzene rings is 1. The van der Waals surface area contributed by atoms with Crippen molar-refractivity contribution in [2.45, 2.75) is 19.3 Å². The quantitative estimate of drug-likeness (QED) is 0.930. The molecule has 1 saturated heterocycles. The molecule has 1 aromatic carbocycles. The number of carbonyl (C=O) groups excluding carboxylic acids is 1. The van der Waals surface area contributed by atoms with E-state index in [9.17, 15) is 9.18 Å². The fourth-order valence-electron chi connectivity index (χ4n) is 2.19. The van der Waals surface area contributed by atoms with Crippen molar-refractivity contribution in [2.24, 2.45) is 5.92 Å². The Bertz CT molecular complexity index is 396. The van der Waals surface area contributed by atoms with E-state index in [0.29, 0.717) is 10.9 Å². The Balaban J connectivity index is 2.01. The van der Waals surface area contributed by atoms with E-state index in [4.69, 9.17) is 0 Å². The first-order chi connectivity index (χ1) is 8.15. The SMILES string of the molecule is O=C(Cc1cc(F)cc(Br)c1)C1CCCNC1. The Hall–Kier alpha value is -0.740. The fraction of sp³-hybridized carbons (Fsp3) is 0.462. The lowest BCUT2D eigenvalue weighted by molar-refractivity contribution is -0.122. The van der Waals surface area contributed by atoms with Crippen LogP contribution < -0.4 is 5.32 Å². The van der Waals surface area contributed by atoms with Crippen molar-refractivity contribution >= 4 is 21.7 Å². The molecule has 4 heteroatoms. The number of nitrogens with one attached hydrogen (secondary N) is 1. The summed E-state index contributed by atoms with van der Waals surface area (Å²) in [6.07, 6.45) is 2.31. The monoisotopic (exact) mass is 299 g/mol. The van der Waals surface area contributed by atoms with Crippen LogP contribution in [-0.2, 0) is 11.2 Å². The van der Waals surface area contributed by atoms with Crippen LogP contribution >= 0.6 is 15.9 Å². The van der Waals surface area contributed by atoms with Gasteiger partial charge in [-0.1, -0.05) is 15.9 Å². The number of halogens is 2. The first kappa shape index (κ1) is 12.7. The molecule has 1 aliphatic heterocycles. The maximum Gasteiger partial charge on any atom is 0.141 e. The molecular weight excluding hydrogens is 285 g/mol. The van der Waals surface area contributed by atoms with E-state index in [-0.39, 0.29) is 17.5 Å². The van der Waals surface area contributed by atoms with E-state index in [1.807, 2.05) is 0 Å². The van der Waals surface area contributed by atoms with Gasteiger partial charge in [0.05, 0.1) is 0 Å². The highest BCUT2D eigenvalue weighted by Gasteiger charge is 2.20. The summed E-state index contributed by atoms with van der Waals surface area (Å²) in [4.78, 5) is 12.0. The van der Waals surface area contributed by atoms with Gasteiger partial charge in [0, 0.05) is 23.4 Å². The Morgan fingerprint density at radius 3 is 2.94 bits per heavy atom. The van der Waals surface area contributed by atoms with Gasteiger partial charge in [-0.2, -0.15) is 0 Å². The molecular formula is C13H15BrFNO. The highest BCUT2D eigenvalue weighted by molar-refractivity contribution is 9.10. The molecule has 1 aromatic rings. The van der Waals surface area contributed by atoms with Gasteiger partial charge in [-0.25, -0.2) is 4.39 Å². The van der Waals surface area contributed by atoms with Crippen molar-refractivity contribution in [1.29, 1.82) is 0 Å². The molecule has 0 aliphatic carbocycles. The Kier molecular flexibility index (Phi) is 4.29. The molecule has 17 heavy (non-hydrogen) atoms. The average Bonchev–Trinajstić information content (AvgIpc) is 2.28. The van der Waals surface area contributed by atoms with Gasteiger partial charge in [0.25, 0.3) is 0 Å². The number of rotatable bonds is 3. The van der Waals surface area contributed by atoms with Gasteiger partial charge in [-0.15, -0.1) is 0 Å². The van der Waals surface area contributed by atoms with Crippen LogP contribution in [0.1, 0.15) is 18.4 Å². The molecule has 0 bridgehead atoms. The predicted octanol–water partition coefficient (Wildman–Crippen LogP) is 2.70. The Morgan fingerprint density at radius 2 is 2.29 bits per heavy atom. The minimum absolute atomic E-state index is 0.0887. The zero-order valence-electron chi connectivity index (χ0n) is 9.51. The molecule has 1 unspecified atom stereocenters.